The highest BCUT2D eigenvalue weighted by molar-refractivity contribution is 8.02. The van der Waals surface area contributed by atoms with E-state index in [1.807, 2.05) is 27.7 Å². The SMILES string of the molecule is COc1c([C@@H]2C[C@](C)(C(F)(F)F)S[C@H]2C(=O)Nc2ccc(B3OC(C)(C)C(C)(C)O3)c(F)c2)ccc(F)c1F. The Kier molecular flexibility index (Phi) is 7.53. The Morgan fingerprint density at radius 2 is 1.64 bits per heavy atom. The van der Waals surface area contributed by atoms with Crippen LogP contribution in [0.4, 0.5) is 32.0 Å². The third-order valence-electron chi connectivity index (χ3n) is 7.68. The third kappa shape index (κ3) is 5.25. The molecule has 2 fully saturated rings. The summed E-state index contributed by atoms with van der Waals surface area (Å²) < 4.78 is 99.6. The fourth-order valence-electron chi connectivity index (χ4n) is 4.65. The Hall–Kier alpha value is -2.38. The van der Waals surface area contributed by atoms with Crippen molar-refractivity contribution in [2.75, 3.05) is 12.4 Å². The summed E-state index contributed by atoms with van der Waals surface area (Å²) in [5, 5.41) is 1.10. The third-order valence-corrected chi connectivity index (χ3v) is 9.39. The van der Waals surface area contributed by atoms with Crippen molar-refractivity contribution >= 4 is 35.9 Å². The van der Waals surface area contributed by atoms with Crippen molar-refractivity contribution in [3.8, 4) is 5.75 Å². The number of rotatable bonds is 5. The van der Waals surface area contributed by atoms with E-state index in [-0.39, 0.29) is 16.7 Å². The largest absolute Gasteiger partial charge is 0.497 e. The summed E-state index contributed by atoms with van der Waals surface area (Å²) in [6.07, 6.45) is -5.29. The number of hydrogen-bond donors (Lipinski definition) is 1. The van der Waals surface area contributed by atoms with Crippen LogP contribution in [0, 0.1) is 17.5 Å². The van der Waals surface area contributed by atoms with E-state index in [2.05, 4.69) is 5.32 Å². The molecule has 212 valence electrons. The Labute approximate surface area is 227 Å². The van der Waals surface area contributed by atoms with Gasteiger partial charge >= 0.3 is 13.3 Å². The maximum absolute atomic E-state index is 15.1. The van der Waals surface area contributed by atoms with Gasteiger partial charge in [0.05, 0.1) is 23.6 Å². The Bertz CT molecular complexity index is 1270. The molecular formula is C26H28BF6NO4S. The van der Waals surface area contributed by atoms with Gasteiger partial charge < -0.3 is 19.4 Å². The zero-order valence-corrected chi connectivity index (χ0v) is 23.0. The van der Waals surface area contributed by atoms with Crippen LogP contribution >= 0.6 is 11.8 Å². The number of carbonyl (C=O) groups is 1. The molecule has 0 spiro atoms. The molecule has 2 aliphatic heterocycles. The number of alkyl halides is 3. The summed E-state index contributed by atoms with van der Waals surface area (Å²) in [6.45, 7) is 8.19. The van der Waals surface area contributed by atoms with Crippen LogP contribution in [0.3, 0.4) is 0 Å². The molecule has 2 aliphatic rings. The van der Waals surface area contributed by atoms with Crippen molar-refractivity contribution in [3.05, 3.63) is 53.3 Å². The molecule has 1 N–H and O–H groups in total. The molecule has 3 atom stereocenters. The first kappa shape index (κ1) is 29.6. The first-order chi connectivity index (χ1) is 17.9. The lowest BCUT2D eigenvalue weighted by molar-refractivity contribution is -0.155. The lowest BCUT2D eigenvalue weighted by atomic mass is 9.78. The molecule has 5 nitrogen and oxygen atoms in total. The monoisotopic (exact) mass is 575 g/mol. The molecule has 2 aromatic carbocycles. The average molecular weight is 575 g/mol. The second-order valence-corrected chi connectivity index (χ2v) is 12.5. The average Bonchev–Trinajstić information content (AvgIpc) is 3.28. The number of ether oxygens (including phenoxy) is 1. The Balaban J connectivity index is 1.62. The van der Waals surface area contributed by atoms with E-state index in [0.29, 0.717) is 11.8 Å². The van der Waals surface area contributed by atoms with Crippen LogP contribution in [0.15, 0.2) is 30.3 Å². The number of methoxy groups -OCH3 is 1. The molecule has 13 heteroatoms. The predicted molar refractivity (Wildman–Crippen MR) is 137 cm³/mol. The molecule has 2 saturated heterocycles. The summed E-state index contributed by atoms with van der Waals surface area (Å²) in [4.78, 5) is 13.3. The second-order valence-electron chi connectivity index (χ2n) is 10.9. The van der Waals surface area contributed by atoms with Crippen LogP contribution < -0.4 is 15.5 Å². The summed E-state index contributed by atoms with van der Waals surface area (Å²) >= 11 is 0.364. The quantitative estimate of drug-likeness (QED) is 0.353. The zero-order valence-electron chi connectivity index (χ0n) is 22.1. The fraction of sp³-hybridized carbons (Fsp3) is 0.500. The number of carbonyl (C=O) groups excluding carboxylic acids is 1. The molecule has 2 heterocycles. The molecule has 0 aromatic heterocycles. The van der Waals surface area contributed by atoms with Crippen molar-refractivity contribution in [1.29, 1.82) is 0 Å². The van der Waals surface area contributed by atoms with Gasteiger partial charge in [0, 0.05) is 22.6 Å². The van der Waals surface area contributed by atoms with Gasteiger partial charge in [0.15, 0.2) is 11.6 Å². The molecule has 2 aromatic rings. The topological polar surface area (TPSA) is 56.8 Å². The van der Waals surface area contributed by atoms with Crippen molar-refractivity contribution in [1.82, 2.24) is 0 Å². The highest BCUT2D eigenvalue weighted by atomic mass is 32.2. The zero-order chi connectivity index (χ0) is 29.1. The molecule has 0 radical (unpaired) electrons. The van der Waals surface area contributed by atoms with E-state index in [9.17, 15) is 26.7 Å². The first-order valence-corrected chi connectivity index (χ1v) is 13.0. The number of halogens is 6. The van der Waals surface area contributed by atoms with E-state index in [1.54, 1.807) is 0 Å². The van der Waals surface area contributed by atoms with Gasteiger partial charge in [-0.2, -0.15) is 17.6 Å². The number of thioether (sulfide) groups is 1. The number of amides is 1. The maximum Gasteiger partial charge on any atom is 0.497 e. The van der Waals surface area contributed by atoms with E-state index >= 15 is 4.39 Å². The minimum atomic E-state index is -4.70. The van der Waals surface area contributed by atoms with Crippen molar-refractivity contribution in [3.63, 3.8) is 0 Å². The molecule has 0 saturated carbocycles. The Morgan fingerprint density at radius 3 is 2.18 bits per heavy atom. The van der Waals surface area contributed by atoms with Crippen molar-refractivity contribution in [2.45, 2.75) is 74.3 Å². The predicted octanol–water partition coefficient (Wildman–Crippen LogP) is 5.96. The Morgan fingerprint density at radius 1 is 1.03 bits per heavy atom. The summed E-state index contributed by atoms with van der Waals surface area (Å²) in [6, 6.07) is 5.67. The standard InChI is InChI=1S/C26H28BF6NO4S/c1-23(2)24(3,4)38-27(37-23)16-9-7-13(11-18(16)29)34-22(35)21-15(12-25(5,39-21)26(31,32)33)14-8-10-17(28)19(30)20(14)36-6/h7-11,15,21H,12H2,1-6H3,(H,34,35)/t15-,21+,25+/m0/s1. The van der Waals surface area contributed by atoms with E-state index in [0.717, 1.165) is 32.2 Å². The normalized spacial score (nSPS) is 26.1. The first-order valence-electron chi connectivity index (χ1n) is 12.1. The number of anilines is 1. The summed E-state index contributed by atoms with van der Waals surface area (Å²) in [5.74, 6) is -5.95. The summed E-state index contributed by atoms with van der Waals surface area (Å²) in [7, 11) is 0.0640. The van der Waals surface area contributed by atoms with Crippen LogP contribution in [-0.4, -0.2) is 47.5 Å². The molecule has 0 aliphatic carbocycles. The number of benzene rings is 2. The van der Waals surface area contributed by atoms with Crippen molar-refractivity contribution in [2.24, 2.45) is 0 Å². The number of hydrogen-bond acceptors (Lipinski definition) is 5. The van der Waals surface area contributed by atoms with Crippen LogP contribution in [0.1, 0.15) is 52.5 Å². The van der Waals surface area contributed by atoms with Crippen LogP contribution in [-0.2, 0) is 14.1 Å². The maximum atomic E-state index is 15.1. The van der Waals surface area contributed by atoms with Gasteiger partial charge in [-0.1, -0.05) is 12.1 Å². The van der Waals surface area contributed by atoms with E-state index in [1.165, 1.54) is 12.1 Å². The smallest absolute Gasteiger partial charge is 0.493 e. The van der Waals surface area contributed by atoms with Crippen LogP contribution in [0.2, 0.25) is 0 Å². The second kappa shape index (κ2) is 9.92. The lowest BCUT2D eigenvalue weighted by Gasteiger charge is -2.32. The van der Waals surface area contributed by atoms with Gasteiger partial charge in [-0.25, -0.2) is 8.78 Å². The van der Waals surface area contributed by atoms with Gasteiger partial charge in [-0.3, -0.25) is 4.79 Å². The molecule has 0 unspecified atom stereocenters. The highest BCUT2D eigenvalue weighted by Crippen LogP contribution is 2.59. The van der Waals surface area contributed by atoms with Gasteiger partial charge in [0.2, 0.25) is 11.7 Å². The highest BCUT2D eigenvalue weighted by Gasteiger charge is 2.61. The minimum absolute atomic E-state index is 0.00465. The molecule has 4 rings (SSSR count). The molecule has 0 bridgehead atoms. The van der Waals surface area contributed by atoms with Gasteiger partial charge in [-0.05, 0) is 59.2 Å². The van der Waals surface area contributed by atoms with Gasteiger partial charge in [0.25, 0.3) is 0 Å². The summed E-state index contributed by atoms with van der Waals surface area (Å²) in [5.41, 5.74) is -1.40. The molecular weight excluding hydrogens is 547 g/mol. The van der Waals surface area contributed by atoms with Crippen molar-refractivity contribution < 1.29 is 45.2 Å². The van der Waals surface area contributed by atoms with Crippen LogP contribution in [0.5, 0.6) is 5.75 Å². The molecule has 1 amide bonds. The number of nitrogens with one attached hydrogen (secondary N) is 1. The van der Waals surface area contributed by atoms with Gasteiger partial charge in [-0.15, -0.1) is 11.8 Å². The van der Waals surface area contributed by atoms with Gasteiger partial charge in [0.1, 0.15) is 10.6 Å². The molecule has 39 heavy (non-hydrogen) atoms. The van der Waals surface area contributed by atoms with Crippen LogP contribution in [0.25, 0.3) is 0 Å². The lowest BCUT2D eigenvalue weighted by Crippen LogP contribution is -2.41. The minimum Gasteiger partial charge on any atom is -0.493 e. The van der Waals surface area contributed by atoms with E-state index in [4.69, 9.17) is 14.0 Å². The fourth-order valence-corrected chi connectivity index (χ4v) is 6.20. The van der Waals surface area contributed by atoms with E-state index < -0.39 is 75.9 Å².